The molecular formula is C24H35N3O4. The van der Waals surface area contributed by atoms with E-state index in [2.05, 4.69) is 5.32 Å². The number of amides is 3. The summed E-state index contributed by atoms with van der Waals surface area (Å²) in [5.74, 6) is 0.675. The van der Waals surface area contributed by atoms with Crippen molar-refractivity contribution >= 4 is 17.7 Å². The molecule has 2 saturated heterocycles. The van der Waals surface area contributed by atoms with Gasteiger partial charge in [0.15, 0.2) is 0 Å². The molecule has 31 heavy (non-hydrogen) atoms. The van der Waals surface area contributed by atoms with Crippen molar-refractivity contribution in [3.8, 4) is 5.75 Å². The lowest BCUT2D eigenvalue weighted by Crippen LogP contribution is -2.49. The van der Waals surface area contributed by atoms with Gasteiger partial charge < -0.3 is 19.9 Å². The molecule has 1 aromatic rings. The lowest BCUT2D eigenvalue weighted by atomic mass is 10.0. The van der Waals surface area contributed by atoms with Crippen LogP contribution in [0.4, 0.5) is 0 Å². The molecule has 7 heteroatoms. The van der Waals surface area contributed by atoms with Crippen molar-refractivity contribution < 1.29 is 19.1 Å². The van der Waals surface area contributed by atoms with Crippen LogP contribution < -0.4 is 10.1 Å². The summed E-state index contributed by atoms with van der Waals surface area (Å²) < 4.78 is 5.43. The number of benzene rings is 1. The average molecular weight is 430 g/mol. The summed E-state index contributed by atoms with van der Waals surface area (Å²) in [6.07, 6.45) is 2.11. The van der Waals surface area contributed by atoms with Crippen molar-refractivity contribution in [3.05, 3.63) is 29.8 Å². The van der Waals surface area contributed by atoms with Crippen molar-refractivity contribution in [2.45, 2.75) is 65.0 Å². The lowest BCUT2D eigenvalue weighted by Gasteiger charge is -2.35. The van der Waals surface area contributed by atoms with Crippen LogP contribution in [0.1, 0.15) is 52.5 Å². The Bertz CT molecular complexity index is 792. The Balaban J connectivity index is 1.43. The van der Waals surface area contributed by atoms with Gasteiger partial charge in [-0.05, 0) is 58.2 Å². The predicted molar refractivity (Wildman–Crippen MR) is 119 cm³/mol. The van der Waals surface area contributed by atoms with Crippen molar-refractivity contribution in [2.24, 2.45) is 5.92 Å². The third-order valence-corrected chi connectivity index (χ3v) is 6.05. The fourth-order valence-corrected chi connectivity index (χ4v) is 4.36. The summed E-state index contributed by atoms with van der Waals surface area (Å²) in [7, 11) is 0. The van der Waals surface area contributed by atoms with Gasteiger partial charge >= 0.3 is 0 Å². The smallest absolute Gasteiger partial charge is 0.227 e. The number of nitrogens with zero attached hydrogens (tertiary/aromatic N) is 2. The monoisotopic (exact) mass is 429 g/mol. The summed E-state index contributed by atoms with van der Waals surface area (Å²) in [6.45, 7) is 10.3. The lowest BCUT2D eigenvalue weighted by molar-refractivity contribution is -0.137. The van der Waals surface area contributed by atoms with Crippen LogP contribution in [0.5, 0.6) is 5.75 Å². The molecule has 2 aliphatic rings. The predicted octanol–water partition coefficient (Wildman–Crippen LogP) is 2.38. The third kappa shape index (κ3) is 5.99. The van der Waals surface area contributed by atoms with Crippen molar-refractivity contribution in [1.82, 2.24) is 15.1 Å². The topological polar surface area (TPSA) is 79.0 Å². The van der Waals surface area contributed by atoms with Crippen molar-refractivity contribution in [1.29, 1.82) is 0 Å². The van der Waals surface area contributed by atoms with Crippen LogP contribution in [0.15, 0.2) is 24.3 Å². The summed E-state index contributed by atoms with van der Waals surface area (Å²) in [5, 5.41) is 3.10. The van der Waals surface area contributed by atoms with Gasteiger partial charge in [-0.1, -0.05) is 12.1 Å². The maximum absolute atomic E-state index is 12.9. The van der Waals surface area contributed by atoms with E-state index in [9.17, 15) is 14.4 Å². The Labute approximate surface area is 185 Å². The van der Waals surface area contributed by atoms with E-state index in [1.54, 1.807) is 0 Å². The molecule has 0 radical (unpaired) electrons. The van der Waals surface area contributed by atoms with Gasteiger partial charge in [-0.25, -0.2) is 0 Å². The Morgan fingerprint density at radius 3 is 2.32 bits per heavy atom. The van der Waals surface area contributed by atoms with Crippen LogP contribution >= 0.6 is 0 Å². The Morgan fingerprint density at radius 1 is 1.13 bits per heavy atom. The summed E-state index contributed by atoms with van der Waals surface area (Å²) in [4.78, 5) is 41.3. The summed E-state index contributed by atoms with van der Waals surface area (Å²) >= 11 is 0. The first-order chi connectivity index (χ1) is 14.7. The molecular weight excluding hydrogens is 394 g/mol. The second-order valence-electron chi connectivity index (χ2n) is 9.50. The summed E-state index contributed by atoms with van der Waals surface area (Å²) in [5.41, 5.74) is 0.690. The van der Waals surface area contributed by atoms with E-state index in [4.69, 9.17) is 4.74 Å². The summed E-state index contributed by atoms with van der Waals surface area (Å²) in [6, 6.07) is 7.66. The number of piperidine rings is 1. The van der Waals surface area contributed by atoms with E-state index in [1.807, 2.05) is 61.8 Å². The van der Waals surface area contributed by atoms with E-state index < -0.39 is 0 Å². The molecule has 0 saturated carbocycles. The van der Waals surface area contributed by atoms with E-state index in [-0.39, 0.29) is 35.2 Å². The maximum Gasteiger partial charge on any atom is 0.227 e. The fraction of sp³-hybridized carbons (Fsp3) is 0.625. The molecule has 0 bridgehead atoms. The van der Waals surface area contributed by atoms with Crippen molar-refractivity contribution in [2.75, 3.05) is 26.2 Å². The van der Waals surface area contributed by atoms with Gasteiger partial charge in [0, 0.05) is 37.6 Å². The second kappa shape index (κ2) is 9.71. The van der Waals surface area contributed by atoms with Crippen LogP contribution in [-0.4, -0.2) is 65.3 Å². The van der Waals surface area contributed by atoms with Crippen LogP contribution in [-0.2, 0) is 20.8 Å². The van der Waals surface area contributed by atoms with Gasteiger partial charge in [0.1, 0.15) is 5.75 Å². The third-order valence-electron chi connectivity index (χ3n) is 6.05. The van der Waals surface area contributed by atoms with Gasteiger partial charge in [0.25, 0.3) is 0 Å². The molecule has 2 aliphatic heterocycles. The Kier molecular flexibility index (Phi) is 7.23. The molecule has 2 heterocycles. The van der Waals surface area contributed by atoms with Gasteiger partial charge in [-0.2, -0.15) is 0 Å². The van der Waals surface area contributed by atoms with Crippen molar-refractivity contribution in [3.63, 3.8) is 0 Å². The highest BCUT2D eigenvalue weighted by Gasteiger charge is 2.41. The Morgan fingerprint density at radius 2 is 1.77 bits per heavy atom. The molecule has 1 unspecified atom stereocenters. The normalized spacial score (nSPS) is 20.1. The van der Waals surface area contributed by atoms with E-state index in [1.165, 1.54) is 0 Å². The molecule has 7 nitrogen and oxygen atoms in total. The Hall–Kier alpha value is -2.57. The van der Waals surface area contributed by atoms with Gasteiger partial charge in [-0.15, -0.1) is 0 Å². The molecule has 0 aliphatic carbocycles. The number of ether oxygens (including phenoxy) is 1. The van der Waals surface area contributed by atoms with Gasteiger partial charge in [-0.3, -0.25) is 14.4 Å². The molecule has 3 rings (SSSR count). The van der Waals surface area contributed by atoms with Gasteiger partial charge in [0.05, 0.1) is 18.9 Å². The average Bonchev–Trinajstić information content (AvgIpc) is 3.12. The zero-order chi connectivity index (χ0) is 22.6. The highest BCUT2D eigenvalue weighted by atomic mass is 16.5. The van der Waals surface area contributed by atoms with Crippen LogP contribution in [0.25, 0.3) is 0 Å². The molecule has 2 fully saturated rings. The van der Waals surface area contributed by atoms with E-state index in [0.29, 0.717) is 39.1 Å². The zero-order valence-corrected chi connectivity index (χ0v) is 19.1. The van der Waals surface area contributed by atoms with E-state index in [0.717, 1.165) is 24.2 Å². The standard InChI is InChI=1S/C24H35N3O4/c1-5-31-20-8-6-17(7-9-20)14-21(28)25-19-10-12-26(13-11-19)23(30)18-15-22(29)27(16-18)24(2,3)4/h6-9,18-19H,5,10-16H2,1-4H3,(H,25,28). The van der Waals surface area contributed by atoms with Crippen LogP contribution in [0.3, 0.4) is 0 Å². The van der Waals surface area contributed by atoms with Crippen LogP contribution in [0, 0.1) is 5.92 Å². The molecule has 170 valence electrons. The molecule has 0 aromatic heterocycles. The molecule has 3 amide bonds. The zero-order valence-electron chi connectivity index (χ0n) is 19.1. The molecule has 1 N–H and O–H groups in total. The van der Waals surface area contributed by atoms with Crippen LogP contribution in [0.2, 0.25) is 0 Å². The highest BCUT2D eigenvalue weighted by Crippen LogP contribution is 2.28. The molecule has 1 atom stereocenters. The number of carbonyl (C=O) groups excluding carboxylic acids is 3. The minimum Gasteiger partial charge on any atom is -0.494 e. The SMILES string of the molecule is CCOc1ccc(CC(=O)NC2CCN(C(=O)C3CC(=O)N(C(C)(C)C)C3)CC2)cc1. The number of hydrogen-bond acceptors (Lipinski definition) is 4. The largest absolute Gasteiger partial charge is 0.494 e. The second-order valence-corrected chi connectivity index (χ2v) is 9.50. The number of nitrogens with one attached hydrogen (secondary N) is 1. The molecule has 1 aromatic carbocycles. The van der Waals surface area contributed by atoms with E-state index >= 15 is 0 Å². The molecule has 0 spiro atoms. The number of rotatable bonds is 6. The first kappa shape index (κ1) is 23.1. The fourth-order valence-electron chi connectivity index (χ4n) is 4.36. The first-order valence-electron chi connectivity index (χ1n) is 11.3. The quantitative estimate of drug-likeness (QED) is 0.753. The highest BCUT2D eigenvalue weighted by molar-refractivity contribution is 5.89. The first-order valence-corrected chi connectivity index (χ1v) is 11.3. The minimum absolute atomic E-state index is 0.00357. The van der Waals surface area contributed by atoms with Gasteiger partial charge in [0.2, 0.25) is 17.7 Å². The number of likely N-dealkylation sites (tertiary alicyclic amines) is 2. The maximum atomic E-state index is 12.9. The number of carbonyl (C=O) groups is 3. The number of hydrogen-bond donors (Lipinski definition) is 1. The minimum atomic E-state index is -0.257.